The van der Waals surface area contributed by atoms with Gasteiger partial charge < -0.3 is 14.6 Å². The SMILES string of the molecule is CCOCC(C)OCCO. The Morgan fingerprint density at radius 3 is 2.70 bits per heavy atom. The van der Waals surface area contributed by atoms with Crippen LogP contribution in [0, 0.1) is 0 Å². The Kier molecular flexibility index (Phi) is 6.91. The molecule has 0 rings (SSSR count). The van der Waals surface area contributed by atoms with E-state index in [1.54, 1.807) is 0 Å². The van der Waals surface area contributed by atoms with Gasteiger partial charge in [-0.1, -0.05) is 0 Å². The van der Waals surface area contributed by atoms with Crippen LogP contribution in [0.25, 0.3) is 0 Å². The molecule has 0 bridgehead atoms. The third-order valence-electron chi connectivity index (χ3n) is 1.05. The Balaban J connectivity index is 3.00. The van der Waals surface area contributed by atoms with E-state index in [0.29, 0.717) is 19.8 Å². The molecule has 1 atom stereocenters. The fourth-order valence-corrected chi connectivity index (χ4v) is 0.586. The summed E-state index contributed by atoms with van der Waals surface area (Å²) in [5, 5.41) is 8.37. The smallest absolute Gasteiger partial charge is 0.0781 e. The van der Waals surface area contributed by atoms with Crippen LogP contribution in [0.3, 0.4) is 0 Å². The Bertz CT molecular complexity index is 57.9. The number of aliphatic hydroxyl groups excluding tert-OH is 1. The van der Waals surface area contributed by atoms with E-state index in [1.807, 2.05) is 13.8 Å². The van der Waals surface area contributed by atoms with Gasteiger partial charge in [0.25, 0.3) is 0 Å². The molecule has 0 aromatic heterocycles. The van der Waals surface area contributed by atoms with Crippen LogP contribution in [0.5, 0.6) is 0 Å². The highest BCUT2D eigenvalue weighted by molar-refractivity contribution is 4.45. The molecular formula is C7H16O3. The first kappa shape index (κ1) is 9.88. The maximum atomic E-state index is 8.37. The largest absolute Gasteiger partial charge is 0.394 e. The molecule has 0 fully saturated rings. The third-order valence-corrected chi connectivity index (χ3v) is 1.05. The molecule has 0 heterocycles. The van der Waals surface area contributed by atoms with Crippen LogP contribution in [-0.4, -0.2) is 37.6 Å². The van der Waals surface area contributed by atoms with Crippen molar-refractivity contribution in [3.63, 3.8) is 0 Å². The predicted octanol–water partition coefficient (Wildman–Crippen LogP) is 0.420. The molecule has 0 aliphatic carbocycles. The van der Waals surface area contributed by atoms with Crippen molar-refractivity contribution < 1.29 is 14.6 Å². The van der Waals surface area contributed by atoms with E-state index < -0.39 is 0 Å². The van der Waals surface area contributed by atoms with Crippen LogP contribution in [0.15, 0.2) is 0 Å². The van der Waals surface area contributed by atoms with Crippen LogP contribution < -0.4 is 0 Å². The normalized spacial score (nSPS) is 13.5. The first-order valence-corrected chi connectivity index (χ1v) is 3.61. The maximum Gasteiger partial charge on any atom is 0.0781 e. The maximum absolute atomic E-state index is 8.37. The fraction of sp³-hybridized carbons (Fsp3) is 1.00. The lowest BCUT2D eigenvalue weighted by Gasteiger charge is -2.10. The van der Waals surface area contributed by atoms with Crippen LogP contribution in [-0.2, 0) is 9.47 Å². The van der Waals surface area contributed by atoms with Crippen molar-refractivity contribution in [3.05, 3.63) is 0 Å². The molecule has 0 aromatic carbocycles. The lowest BCUT2D eigenvalue weighted by atomic mass is 10.4. The molecule has 0 spiro atoms. The van der Waals surface area contributed by atoms with Gasteiger partial charge in [0.2, 0.25) is 0 Å². The van der Waals surface area contributed by atoms with Gasteiger partial charge in [0.05, 0.1) is 25.9 Å². The van der Waals surface area contributed by atoms with Crippen molar-refractivity contribution in [3.8, 4) is 0 Å². The monoisotopic (exact) mass is 148 g/mol. The van der Waals surface area contributed by atoms with Gasteiger partial charge >= 0.3 is 0 Å². The van der Waals surface area contributed by atoms with Gasteiger partial charge in [0, 0.05) is 6.61 Å². The molecule has 10 heavy (non-hydrogen) atoms. The zero-order chi connectivity index (χ0) is 7.82. The van der Waals surface area contributed by atoms with Gasteiger partial charge in [0.1, 0.15) is 0 Å². The average molecular weight is 148 g/mol. The Hall–Kier alpha value is -0.120. The molecule has 0 radical (unpaired) electrons. The van der Waals surface area contributed by atoms with Gasteiger partial charge in [-0.3, -0.25) is 0 Å². The number of ether oxygens (including phenoxy) is 2. The van der Waals surface area contributed by atoms with Crippen LogP contribution >= 0.6 is 0 Å². The predicted molar refractivity (Wildman–Crippen MR) is 39.0 cm³/mol. The molecule has 0 saturated carbocycles. The topological polar surface area (TPSA) is 38.7 Å². The minimum absolute atomic E-state index is 0.0798. The van der Waals surface area contributed by atoms with Crippen molar-refractivity contribution in [1.82, 2.24) is 0 Å². The van der Waals surface area contributed by atoms with Crippen LogP contribution in [0.4, 0.5) is 0 Å². The minimum Gasteiger partial charge on any atom is -0.394 e. The molecule has 1 N–H and O–H groups in total. The van der Waals surface area contributed by atoms with Crippen molar-refractivity contribution in [2.75, 3.05) is 26.4 Å². The lowest BCUT2D eigenvalue weighted by molar-refractivity contribution is -0.0155. The van der Waals surface area contributed by atoms with Crippen molar-refractivity contribution in [2.24, 2.45) is 0 Å². The molecule has 0 aliphatic rings. The fourth-order valence-electron chi connectivity index (χ4n) is 0.586. The molecule has 62 valence electrons. The summed E-state index contributed by atoms with van der Waals surface area (Å²) < 4.78 is 10.2. The highest BCUT2D eigenvalue weighted by Gasteiger charge is 1.99. The standard InChI is InChI=1S/C7H16O3/c1-3-9-6-7(2)10-5-4-8/h7-8H,3-6H2,1-2H3. The van der Waals surface area contributed by atoms with E-state index in [2.05, 4.69) is 0 Å². The van der Waals surface area contributed by atoms with Gasteiger partial charge in [0.15, 0.2) is 0 Å². The van der Waals surface area contributed by atoms with Gasteiger partial charge in [-0.25, -0.2) is 0 Å². The Morgan fingerprint density at radius 2 is 2.20 bits per heavy atom. The van der Waals surface area contributed by atoms with Gasteiger partial charge in [-0.2, -0.15) is 0 Å². The second kappa shape index (κ2) is 6.99. The van der Waals surface area contributed by atoms with Gasteiger partial charge in [-0.05, 0) is 13.8 Å². The van der Waals surface area contributed by atoms with Crippen LogP contribution in [0.2, 0.25) is 0 Å². The summed E-state index contributed by atoms with van der Waals surface area (Å²) in [4.78, 5) is 0. The summed E-state index contributed by atoms with van der Waals surface area (Å²) in [6.45, 7) is 5.66. The second-order valence-corrected chi connectivity index (χ2v) is 2.06. The molecule has 0 amide bonds. The lowest BCUT2D eigenvalue weighted by Crippen LogP contribution is -2.17. The Labute approximate surface area is 62.0 Å². The van der Waals surface area contributed by atoms with E-state index in [9.17, 15) is 0 Å². The highest BCUT2D eigenvalue weighted by atomic mass is 16.5. The molecule has 1 unspecified atom stereocenters. The quantitative estimate of drug-likeness (QED) is 0.593. The van der Waals surface area contributed by atoms with E-state index in [1.165, 1.54) is 0 Å². The summed E-state index contributed by atoms with van der Waals surface area (Å²) in [7, 11) is 0. The summed E-state index contributed by atoms with van der Waals surface area (Å²) >= 11 is 0. The van der Waals surface area contributed by atoms with Crippen molar-refractivity contribution in [2.45, 2.75) is 20.0 Å². The highest BCUT2D eigenvalue weighted by Crippen LogP contribution is 1.90. The first-order valence-electron chi connectivity index (χ1n) is 3.61. The average Bonchev–Trinajstić information content (AvgIpc) is 1.97. The van der Waals surface area contributed by atoms with E-state index in [0.717, 1.165) is 0 Å². The number of rotatable bonds is 6. The molecule has 3 heteroatoms. The van der Waals surface area contributed by atoms with E-state index in [-0.39, 0.29) is 12.7 Å². The number of hydrogen-bond donors (Lipinski definition) is 1. The molecule has 3 nitrogen and oxygen atoms in total. The summed E-state index contributed by atoms with van der Waals surface area (Å²) in [6, 6.07) is 0. The van der Waals surface area contributed by atoms with Gasteiger partial charge in [-0.15, -0.1) is 0 Å². The molecule has 0 aliphatic heterocycles. The summed E-state index contributed by atoms with van der Waals surface area (Å²) in [6.07, 6.45) is 0.0899. The molecular weight excluding hydrogens is 132 g/mol. The zero-order valence-corrected chi connectivity index (χ0v) is 6.67. The number of hydrogen-bond acceptors (Lipinski definition) is 3. The van der Waals surface area contributed by atoms with Crippen LogP contribution in [0.1, 0.15) is 13.8 Å². The minimum atomic E-state index is 0.0798. The Morgan fingerprint density at radius 1 is 1.50 bits per heavy atom. The van der Waals surface area contributed by atoms with Crippen molar-refractivity contribution in [1.29, 1.82) is 0 Å². The summed E-state index contributed by atoms with van der Waals surface area (Å²) in [5.41, 5.74) is 0. The van der Waals surface area contributed by atoms with E-state index in [4.69, 9.17) is 14.6 Å². The van der Waals surface area contributed by atoms with E-state index >= 15 is 0 Å². The second-order valence-electron chi connectivity index (χ2n) is 2.06. The third kappa shape index (κ3) is 6.01. The number of aliphatic hydroxyl groups is 1. The molecule has 0 aromatic rings. The van der Waals surface area contributed by atoms with Crippen molar-refractivity contribution >= 4 is 0 Å². The summed E-state index contributed by atoms with van der Waals surface area (Å²) in [5.74, 6) is 0. The zero-order valence-electron chi connectivity index (χ0n) is 6.67. The molecule has 0 saturated heterocycles. The first-order chi connectivity index (χ1) is 4.81.